The van der Waals surface area contributed by atoms with Crippen LogP contribution in [0.1, 0.15) is 93.0 Å². The molecule has 1 saturated carbocycles. The standard InChI is InChI=1S/C32H45F3N6O3/c1-36-29-25(32(33,34)35)22-37-31(39-29)38-26-16-15-24(21-27(26)44-2)30(43)41-19-17-40(18-20-41)28(42)14-8-6-4-3-5-7-11-23-12-9-10-13-23/h15-16,21-23H,3-14,17-20H2,1-2H3,(H2,36,37,38,39). The van der Waals surface area contributed by atoms with E-state index in [9.17, 15) is 22.8 Å². The number of rotatable bonds is 14. The molecule has 0 spiro atoms. The van der Waals surface area contributed by atoms with Crippen LogP contribution >= 0.6 is 0 Å². The number of halogens is 3. The lowest BCUT2D eigenvalue weighted by Crippen LogP contribution is -2.50. The predicted molar refractivity (Wildman–Crippen MR) is 164 cm³/mol. The fourth-order valence-electron chi connectivity index (χ4n) is 6.10. The maximum atomic E-state index is 13.2. The van der Waals surface area contributed by atoms with Gasteiger partial charge < -0.3 is 25.2 Å². The number of amides is 2. The van der Waals surface area contributed by atoms with Crippen molar-refractivity contribution in [2.75, 3.05) is 51.0 Å². The number of methoxy groups -OCH3 is 1. The molecule has 2 heterocycles. The molecule has 2 fully saturated rings. The summed E-state index contributed by atoms with van der Waals surface area (Å²) in [7, 11) is 2.78. The van der Waals surface area contributed by atoms with Crippen LogP contribution in [0.3, 0.4) is 0 Å². The Morgan fingerprint density at radius 2 is 1.64 bits per heavy atom. The molecule has 4 rings (SSSR count). The van der Waals surface area contributed by atoms with E-state index in [4.69, 9.17) is 4.74 Å². The van der Waals surface area contributed by atoms with E-state index in [1.165, 1.54) is 71.9 Å². The van der Waals surface area contributed by atoms with Crippen molar-refractivity contribution >= 4 is 29.3 Å². The second-order valence-corrected chi connectivity index (χ2v) is 11.7. The Morgan fingerprint density at radius 1 is 0.977 bits per heavy atom. The summed E-state index contributed by atoms with van der Waals surface area (Å²) in [5.74, 6) is 0.836. The van der Waals surface area contributed by atoms with Gasteiger partial charge in [0.05, 0.1) is 12.8 Å². The van der Waals surface area contributed by atoms with Crippen molar-refractivity contribution in [3.8, 4) is 5.75 Å². The minimum Gasteiger partial charge on any atom is -0.495 e. The first-order valence-corrected chi connectivity index (χ1v) is 15.8. The lowest BCUT2D eigenvalue weighted by atomic mass is 9.99. The van der Waals surface area contributed by atoms with Crippen molar-refractivity contribution in [2.24, 2.45) is 5.92 Å². The predicted octanol–water partition coefficient (Wildman–Crippen LogP) is 6.88. The molecule has 0 unspecified atom stereocenters. The Balaban J connectivity index is 1.20. The minimum absolute atomic E-state index is 0.0601. The molecule has 44 heavy (non-hydrogen) atoms. The monoisotopic (exact) mass is 618 g/mol. The van der Waals surface area contributed by atoms with Crippen LogP contribution in [0, 0.1) is 5.92 Å². The summed E-state index contributed by atoms with van der Waals surface area (Å²) in [6.07, 6.45) is 10.8. The number of benzene rings is 1. The van der Waals surface area contributed by atoms with Crippen LogP contribution in [0.4, 0.5) is 30.6 Å². The summed E-state index contributed by atoms with van der Waals surface area (Å²) in [5.41, 5.74) is -0.180. The van der Waals surface area contributed by atoms with E-state index in [-0.39, 0.29) is 23.6 Å². The minimum atomic E-state index is -4.59. The smallest absolute Gasteiger partial charge is 0.421 e. The van der Waals surface area contributed by atoms with Crippen LogP contribution in [0.15, 0.2) is 24.4 Å². The first-order chi connectivity index (χ1) is 21.2. The summed E-state index contributed by atoms with van der Waals surface area (Å²) >= 11 is 0. The van der Waals surface area contributed by atoms with E-state index >= 15 is 0 Å². The lowest BCUT2D eigenvalue weighted by Gasteiger charge is -2.35. The summed E-state index contributed by atoms with van der Waals surface area (Å²) in [4.78, 5) is 37.2. The van der Waals surface area contributed by atoms with Gasteiger partial charge in [0.1, 0.15) is 17.1 Å². The van der Waals surface area contributed by atoms with Crippen LogP contribution in [0.5, 0.6) is 5.75 Å². The average molecular weight is 619 g/mol. The third kappa shape index (κ3) is 9.22. The summed E-state index contributed by atoms with van der Waals surface area (Å²) in [6, 6.07) is 4.78. The van der Waals surface area contributed by atoms with Gasteiger partial charge in [-0.15, -0.1) is 0 Å². The number of carbonyl (C=O) groups is 2. The van der Waals surface area contributed by atoms with Gasteiger partial charge in [-0.25, -0.2) is 4.98 Å². The Hall–Kier alpha value is -3.57. The molecule has 1 aliphatic carbocycles. The first kappa shape index (κ1) is 33.3. The largest absolute Gasteiger partial charge is 0.495 e. The van der Waals surface area contributed by atoms with Gasteiger partial charge >= 0.3 is 6.18 Å². The Morgan fingerprint density at radius 3 is 2.30 bits per heavy atom. The van der Waals surface area contributed by atoms with Crippen molar-refractivity contribution in [1.82, 2.24) is 19.8 Å². The molecule has 2 aliphatic rings. The highest BCUT2D eigenvalue weighted by Gasteiger charge is 2.35. The highest BCUT2D eigenvalue weighted by atomic mass is 19.4. The number of hydrogen-bond acceptors (Lipinski definition) is 7. The molecule has 242 valence electrons. The summed E-state index contributed by atoms with van der Waals surface area (Å²) < 4.78 is 45.0. The lowest BCUT2D eigenvalue weighted by molar-refractivity contribution is -0.137. The van der Waals surface area contributed by atoms with Gasteiger partial charge in [0.25, 0.3) is 5.91 Å². The zero-order chi connectivity index (χ0) is 31.5. The van der Waals surface area contributed by atoms with Crippen molar-refractivity contribution in [1.29, 1.82) is 0 Å². The molecule has 1 aliphatic heterocycles. The zero-order valence-electron chi connectivity index (χ0n) is 25.8. The van der Waals surface area contributed by atoms with Gasteiger partial charge in [-0.05, 0) is 30.5 Å². The normalized spacial score (nSPS) is 15.8. The van der Waals surface area contributed by atoms with Gasteiger partial charge in [-0.1, -0.05) is 64.2 Å². The van der Waals surface area contributed by atoms with Crippen LogP contribution in [0.25, 0.3) is 0 Å². The van der Waals surface area contributed by atoms with Gasteiger partial charge in [-0.2, -0.15) is 18.2 Å². The number of ether oxygens (including phenoxy) is 1. The number of hydrogen-bond donors (Lipinski definition) is 2. The molecule has 1 saturated heterocycles. The maximum Gasteiger partial charge on any atom is 0.421 e. The molecule has 9 nitrogen and oxygen atoms in total. The number of aromatic nitrogens is 2. The second kappa shape index (κ2) is 15.9. The molecular formula is C32H45F3N6O3. The van der Waals surface area contributed by atoms with E-state index in [1.54, 1.807) is 23.1 Å². The number of nitrogens with one attached hydrogen (secondary N) is 2. The fourth-order valence-corrected chi connectivity index (χ4v) is 6.10. The molecule has 12 heteroatoms. The number of piperazine rings is 1. The van der Waals surface area contributed by atoms with Crippen LogP contribution in [0.2, 0.25) is 0 Å². The number of unbranched alkanes of at least 4 members (excludes halogenated alkanes) is 5. The van der Waals surface area contributed by atoms with E-state index in [2.05, 4.69) is 20.6 Å². The van der Waals surface area contributed by atoms with E-state index in [1.807, 2.05) is 4.90 Å². The van der Waals surface area contributed by atoms with Crippen molar-refractivity contribution < 1.29 is 27.5 Å². The Labute approximate surface area is 257 Å². The van der Waals surface area contributed by atoms with Gasteiger partial charge in [0, 0.05) is 51.4 Å². The van der Waals surface area contributed by atoms with E-state index in [0.717, 1.165) is 18.8 Å². The molecular weight excluding hydrogens is 573 g/mol. The van der Waals surface area contributed by atoms with Crippen molar-refractivity contribution in [3.05, 3.63) is 35.5 Å². The second-order valence-electron chi connectivity index (χ2n) is 11.7. The average Bonchev–Trinajstić information content (AvgIpc) is 3.55. The van der Waals surface area contributed by atoms with Gasteiger partial charge in [0.2, 0.25) is 11.9 Å². The van der Waals surface area contributed by atoms with Crippen LogP contribution in [-0.2, 0) is 11.0 Å². The number of carbonyl (C=O) groups excluding carboxylic acids is 2. The SMILES string of the molecule is CNc1nc(Nc2ccc(C(=O)N3CCN(C(=O)CCCCCCCCC4CCCC4)CC3)cc2OC)ncc1C(F)(F)F. The third-order valence-electron chi connectivity index (χ3n) is 8.67. The van der Waals surface area contributed by atoms with Crippen molar-refractivity contribution in [2.45, 2.75) is 83.2 Å². The maximum absolute atomic E-state index is 13.2. The molecule has 0 bridgehead atoms. The molecule has 0 atom stereocenters. The van der Waals surface area contributed by atoms with E-state index < -0.39 is 11.7 Å². The number of alkyl halides is 3. The zero-order valence-corrected chi connectivity index (χ0v) is 25.8. The topological polar surface area (TPSA) is 99.7 Å². The molecule has 0 radical (unpaired) electrons. The molecule has 2 aromatic rings. The summed E-state index contributed by atoms with van der Waals surface area (Å²) in [5, 5.41) is 5.30. The third-order valence-corrected chi connectivity index (χ3v) is 8.67. The molecule has 1 aromatic heterocycles. The first-order valence-electron chi connectivity index (χ1n) is 15.8. The van der Waals surface area contributed by atoms with E-state index in [0.29, 0.717) is 55.8 Å². The summed E-state index contributed by atoms with van der Waals surface area (Å²) in [6.45, 7) is 1.89. The van der Waals surface area contributed by atoms with Crippen LogP contribution in [-0.4, -0.2) is 71.9 Å². The molecule has 2 N–H and O–H groups in total. The quantitative estimate of drug-likeness (QED) is 0.223. The Bertz CT molecular complexity index is 1240. The molecule has 2 amide bonds. The fraction of sp³-hybridized carbons (Fsp3) is 0.625. The Kier molecular flexibility index (Phi) is 12.1. The van der Waals surface area contributed by atoms with Crippen LogP contribution < -0.4 is 15.4 Å². The highest BCUT2D eigenvalue weighted by Crippen LogP contribution is 2.35. The number of anilines is 3. The van der Waals surface area contributed by atoms with Crippen molar-refractivity contribution in [3.63, 3.8) is 0 Å². The van der Waals surface area contributed by atoms with Gasteiger partial charge in [0.15, 0.2) is 0 Å². The molecule has 1 aromatic carbocycles. The number of nitrogens with zero attached hydrogens (tertiary/aromatic N) is 4. The highest BCUT2D eigenvalue weighted by molar-refractivity contribution is 5.95. The van der Waals surface area contributed by atoms with Gasteiger partial charge in [-0.3, -0.25) is 9.59 Å².